The van der Waals surface area contributed by atoms with Gasteiger partial charge in [-0.3, -0.25) is 9.69 Å². The molecule has 1 amide bonds. The highest BCUT2D eigenvalue weighted by Crippen LogP contribution is 2.10. The van der Waals surface area contributed by atoms with E-state index in [9.17, 15) is 4.79 Å². The number of hydrogen-bond donors (Lipinski definition) is 0. The summed E-state index contributed by atoms with van der Waals surface area (Å²) >= 11 is 0. The smallest absolute Gasteiger partial charge is 0.248 e. The van der Waals surface area contributed by atoms with Gasteiger partial charge >= 0.3 is 0 Å². The molecule has 5 heteroatoms. The summed E-state index contributed by atoms with van der Waals surface area (Å²) in [4.78, 5) is 19.1. The molecule has 0 unspecified atom stereocenters. The molecule has 0 atom stereocenters. The molecular weight excluding hydrogens is 290 g/mol. The van der Waals surface area contributed by atoms with Crippen LogP contribution in [0, 0.1) is 0 Å². The van der Waals surface area contributed by atoms with Gasteiger partial charge in [-0.25, -0.2) is 0 Å². The van der Waals surface area contributed by atoms with E-state index in [-0.39, 0.29) is 18.6 Å². The van der Waals surface area contributed by atoms with Crippen LogP contribution in [0.3, 0.4) is 0 Å². The highest BCUT2D eigenvalue weighted by Gasteiger charge is 2.21. The molecule has 2 aliphatic heterocycles. The Labute approximate surface area is 141 Å². The predicted molar refractivity (Wildman–Crippen MR) is 93.6 cm³/mol. The molecule has 0 N–H and O–H groups in total. The standard InChI is InChI=1S/C18H35N3O2/c1-17(2)23-16-18(22)21-14-12-20(13-15-21)11-7-6-10-19-8-4-3-5-9-19/h17H,3-16H2,1-2H3. The van der Waals surface area contributed by atoms with Crippen LogP contribution in [0.15, 0.2) is 0 Å². The summed E-state index contributed by atoms with van der Waals surface area (Å²) in [6.45, 7) is 13.0. The summed E-state index contributed by atoms with van der Waals surface area (Å²) in [5, 5.41) is 0. The van der Waals surface area contributed by atoms with E-state index in [1.54, 1.807) is 0 Å². The van der Waals surface area contributed by atoms with E-state index in [4.69, 9.17) is 4.74 Å². The number of carbonyl (C=O) groups is 1. The van der Waals surface area contributed by atoms with Crippen LogP contribution in [-0.4, -0.2) is 85.7 Å². The molecule has 134 valence electrons. The van der Waals surface area contributed by atoms with E-state index < -0.39 is 0 Å². The summed E-state index contributed by atoms with van der Waals surface area (Å²) < 4.78 is 5.41. The Morgan fingerprint density at radius 3 is 2.00 bits per heavy atom. The lowest BCUT2D eigenvalue weighted by atomic mass is 10.1. The number of nitrogens with zero attached hydrogens (tertiary/aromatic N) is 3. The molecule has 5 nitrogen and oxygen atoms in total. The van der Waals surface area contributed by atoms with Gasteiger partial charge in [0.2, 0.25) is 5.91 Å². The fraction of sp³-hybridized carbons (Fsp3) is 0.944. The lowest BCUT2D eigenvalue weighted by Crippen LogP contribution is -2.50. The lowest BCUT2D eigenvalue weighted by Gasteiger charge is -2.35. The molecule has 2 aliphatic rings. The third-order valence-electron chi connectivity index (χ3n) is 4.91. The Morgan fingerprint density at radius 2 is 1.43 bits per heavy atom. The normalized spacial score (nSPS) is 21.1. The van der Waals surface area contributed by atoms with E-state index >= 15 is 0 Å². The number of ether oxygens (including phenoxy) is 1. The third-order valence-corrected chi connectivity index (χ3v) is 4.91. The van der Waals surface area contributed by atoms with E-state index in [0.29, 0.717) is 0 Å². The molecule has 2 saturated heterocycles. The quantitative estimate of drug-likeness (QED) is 0.638. The number of rotatable bonds is 8. The van der Waals surface area contributed by atoms with Gasteiger partial charge in [0, 0.05) is 26.2 Å². The van der Waals surface area contributed by atoms with E-state index in [2.05, 4.69) is 9.80 Å². The number of likely N-dealkylation sites (tertiary alicyclic amines) is 1. The Kier molecular flexibility index (Phi) is 8.34. The molecule has 2 rings (SSSR count). The van der Waals surface area contributed by atoms with Crippen LogP contribution in [0.2, 0.25) is 0 Å². The van der Waals surface area contributed by atoms with Crippen molar-refractivity contribution in [1.82, 2.24) is 14.7 Å². The van der Waals surface area contributed by atoms with Crippen LogP contribution >= 0.6 is 0 Å². The van der Waals surface area contributed by atoms with Crippen molar-refractivity contribution in [2.75, 3.05) is 59.0 Å². The number of amides is 1. The monoisotopic (exact) mass is 325 g/mol. The van der Waals surface area contributed by atoms with Gasteiger partial charge in [-0.05, 0) is 65.7 Å². The molecule has 0 aliphatic carbocycles. The van der Waals surface area contributed by atoms with Crippen LogP contribution in [0.4, 0.5) is 0 Å². The molecule has 0 aromatic heterocycles. The number of carbonyl (C=O) groups excluding carboxylic acids is 1. The molecule has 0 aromatic rings. The largest absolute Gasteiger partial charge is 0.369 e. The molecule has 2 heterocycles. The number of piperidine rings is 1. The highest BCUT2D eigenvalue weighted by atomic mass is 16.5. The maximum absolute atomic E-state index is 12.0. The first-order valence-electron chi connectivity index (χ1n) is 9.49. The van der Waals surface area contributed by atoms with E-state index in [1.807, 2.05) is 18.7 Å². The predicted octanol–water partition coefficient (Wildman–Crippen LogP) is 1.82. The minimum Gasteiger partial charge on any atom is -0.369 e. The first-order chi connectivity index (χ1) is 11.1. The zero-order chi connectivity index (χ0) is 16.5. The van der Waals surface area contributed by atoms with Gasteiger partial charge in [-0.15, -0.1) is 0 Å². The average molecular weight is 325 g/mol. The van der Waals surface area contributed by atoms with Crippen LogP contribution < -0.4 is 0 Å². The minimum atomic E-state index is 0.125. The molecule has 0 spiro atoms. The Morgan fingerprint density at radius 1 is 0.870 bits per heavy atom. The molecule has 0 saturated carbocycles. The van der Waals surface area contributed by atoms with E-state index in [1.165, 1.54) is 58.3 Å². The van der Waals surface area contributed by atoms with Gasteiger partial charge in [-0.1, -0.05) is 6.42 Å². The highest BCUT2D eigenvalue weighted by molar-refractivity contribution is 5.77. The SMILES string of the molecule is CC(C)OCC(=O)N1CCN(CCCCN2CCCCC2)CC1. The van der Waals surface area contributed by atoms with Crippen molar-refractivity contribution in [2.24, 2.45) is 0 Å². The fourth-order valence-corrected chi connectivity index (χ4v) is 3.40. The maximum atomic E-state index is 12.0. The summed E-state index contributed by atoms with van der Waals surface area (Å²) in [7, 11) is 0. The van der Waals surface area contributed by atoms with Gasteiger partial charge < -0.3 is 14.5 Å². The topological polar surface area (TPSA) is 36.0 Å². The second kappa shape index (κ2) is 10.3. The van der Waals surface area contributed by atoms with Crippen LogP contribution in [0.5, 0.6) is 0 Å². The fourth-order valence-electron chi connectivity index (χ4n) is 3.40. The van der Waals surface area contributed by atoms with Crippen molar-refractivity contribution in [3.05, 3.63) is 0 Å². The van der Waals surface area contributed by atoms with Crippen molar-refractivity contribution in [2.45, 2.75) is 52.1 Å². The van der Waals surface area contributed by atoms with Gasteiger partial charge in [0.15, 0.2) is 0 Å². The average Bonchev–Trinajstić information content (AvgIpc) is 2.58. The van der Waals surface area contributed by atoms with Crippen LogP contribution in [-0.2, 0) is 9.53 Å². The third kappa shape index (κ3) is 7.19. The zero-order valence-corrected chi connectivity index (χ0v) is 15.1. The molecular formula is C18H35N3O2. The van der Waals surface area contributed by atoms with Crippen molar-refractivity contribution in [3.63, 3.8) is 0 Å². The van der Waals surface area contributed by atoms with E-state index in [0.717, 1.165) is 26.2 Å². The second-order valence-corrected chi connectivity index (χ2v) is 7.19. The van der Waals surface area contributed by atoms with Crippen molar-refractivity contribution < 1.29 is 9.53 Å². The van der Waals surface area contributed by atoms with Crippen molar-refractivity contribution in [1.29, 1.82) is 0 Å². The first kappa shape index (κ1) is 18.7. The summed E-state index contributed by atoms with van der Waals surface area (Å²) in [6.07, 6.45) is 6.90. The number of piperazine rings is 1. The van der Waals surface area contributed by atoms with Crippen LogP contribution in [0.1, 0.15) is 46.0 Å². The van der Waals surface area contributed by atoms with Gasteiger partial charge in [0.1, 0.15) is 6.61 Å². The van der Waals surface area contributed by atoms with Gasteiger partial charge in [-0.2, -0.15) is 0 Å². The summed E-state index contributed by atoms with van der Waals surface area (Å²) in [5.41, 5.74) is 0. The Hall–Kier alpha value is -0.650. The van der Waals surface area contributed by atoms with Gasteiger partial charge in [0.05, 0.1) is 6.10 Å². The molecule has 0 radical (unpaired) electrons. The lowest BCUT2D eigenvalue weighted by molar-refractivity contribution is -0.139. The zero-order valence-electron chi connectivity index (χ0n) is 15.1. The molecule has 0 aromatic carbocycles. The number of unbranched alkanes of at least 4 members (excludes halogenated alkanes) is 1. The maximum Gasteiger partial charge on any atom is 0.248 e. The Balaban J connectivity index is 1.51. The molecule has 2 fully saturated rings. The second-order valence-electron chi connectivity index (χ2n) is 7.19. The van der Waals surface area contributed by atoms with Gasteiger partial charge in [0.25, 0.3) is 0 Å². The van der Waals surface area contributed by atoms with Crippen molar-refractivity contribution in [3.8, 4) is 0 Å². The Bertz CT molecular complexity index is 335. The van der Waals surface area contributed by atoms with Crippen LogP contribution in [0.25, 0.3) is 0 Å². The summed E-state index contributed by atoms with van der Waals surface area (Å²) in [5.74, 6) is 0.142. The first-order valence-corrected chi connectivity index (χ1v) is 9.49. The van der Waals surface area contributed by atoms with Crippen molar-refractivity contribution >= 4 is 5.91 Å². The summed E-state index contributed by atoms with van der Waals surface area (Å²) in [6, 6.07) is 0. The number of hydrogen-bond acceptors (Lipinski definition) is 4. The molecule has 0 bridgehead atoms. The minimum absolute atomic E-state index is 0.125. The molecule has 23 heavy (non-hydrogen) atoms.